The Morgan fingerprint density at radius 1 is 1.33 bits per heavy atom. The van der Waals surface area contributed by atoms with Crippen LogP contribution in [0.5, 0.6) is 0 Å². The highest BCUT2D eigenvalue weighted by atomic mass is 127. The summed E-state index contributed by atoms with van der Waals surface area (Å²) in [5, 5.41) is 6.80. The molecule has 3 rings (SSSR count). The van der Waals surface area contributed by atoms with Crippen LogP contribution in [0.15, 0.2) is 10.4 Å². The lowest BCUT2D eigenvalue weighted by atomic mass is 9.73. The standard InChI is InChI=1S/C18H30N4S.HI/c1-3-19-17(20-11-7-16-13-23-15(2)21-16)22-12-10-18(14-22)8-5-4-6-9-18;/h13H,3-12,14H2,1-2H3,(H,19,20);1H. The molecule has 0 atom stereocenters. The third-order valence-electron chi connectivity index (χ3n) is 5.28. The van der Waals surface area contributed by atoms with Crippen molar-refractivity contribution in [2.75, 3.05) is 26.2 Å². The third kappa shape index (κ3) is 5.07. The van der Waals surface area contributed by atoms with Gasteiger partial charge in [0.15, 0.2) is 5.96 Å². The summed E-state index contributed by atoms with van der Waals surface area (Å²) >= 11 is 1.73. The highest BCUT2D eigenvalue weighted by molar-refractivity contribution is 14.0. The first-order valence-electron chi connectivity index (χ1n) is 9.15. The van der Waals surface area contributed by atoms with E-state index in [1.807, 2.05) is 0 Å². The molecule has 2 aliphatic rings. The van der Waals surface area contributed by atoms with Gasteiger partial charge in [0, 0.05) is 38.0 Å². The lowest BCUT2D eigenvalue weighted by Gasteiger charge is -2.33. The van der Waals surface area contributed by atoms with E-state index in [0.717, 1.165) is 30.5 Å². The fourth-order valence-corrected chi connectivity index (χ4v) is 4.70. The molecule has 136 valence electrons. The third-order valence-corrected chi connectivity index (χ3v) is 6.11. The van der Waals surface area contributed by atoms with Crippen molar-refractivity contribution in [3.8, 4) is 0 Å². The van der Waals surface area contributed by atoms with E-state index < -0.39 is 0 Å². The van der Waals surface area contributed by atoms with Crippen LogP contribution in [-0.2, 0) is 6.42 Å². The number of hydrogen-bond donors (Lipinski definition) is 1. The van der Waals surface area contributed by atoms with Gasteiger partial charge in [0.2, 0.25) is 0 Å². The second-order valence-electron chi connectivity index (χ2n) is 7.08. The number of nitrogens with zero attached hydrogens (tertiary/aromatic N) is 3. The van der Waals surface area contributed by atoms with Crippen molar-refractivity contribution in [1.29, 1.82) is 0 Å². The van der Waals surface area contributed by atoms with Gasteiger partial charge in [-0.25, -0.2) is 4.98 Å². The molecule has 0 unspecified atom stereocenters. The first kappa shape index (κ1) is 19.9. The number of rotatable bonds is 4. The van der Waals surface area contributed by atoms with Crippen molar-refractivity contribution in [3.63, 3.8) is 0 Å². The number of thiazole rings is 1. The molecule has 1 aliphatic carbocycles. The molecule has 0 aromatic carbocycles. The average Bonchev–Trinajstić information content (AvgIpc) is 3.14. The van der Waals surface area contributed by atoms with E-state index in [-0.39, 0.29) is 24.0 Å². The van der Waals surface area contributed by atoms with E-state index in [1.165, 1.54) is 57.3 Å². The number of halogens is 1. The van der Waals surface area contributed by atoms with Gasteiger partial charge < -0.3 is 10.2 Å². The molecule has 1 saturated heterocycles. The van der Waals surface area contributed by atoms with E-state index in [2.05, 4.69) is 34.4 Å². The van der Waals surface area contributed by atoms with Crippen LogP contribution in [0.2, 0.25) is 0 Å². The zero-order valence-electron chi connectivity index (χ0n) is 15.0. The van der Waals surface area contributed by atoms with Crippen molar-refractivity contribution in [2.45, 2.75) is 58.8 Å². The molecule has 0 radical (unpaired) electrons. The number of nitrogens with one attached hydrogen (secondary N) is 1. The van der Waals surface area contributed by atoms with E-state index in [4.69, 9.17) is 4.99 Å². The minimum absolute atomic E-state index is 0. The van der Waals surface area contributed by atoms with Gasteiger partial charge >= 0.3 is 0 Å². The van der Waals surface area contributed by atoms with Crippen LogP contribution < -0.4 is 5.32 Å². The van der Waals surface area contributed by atoms with Gasteiger partial charge in [-0.15, -0.1) is 35.3 Å². The Balaban J connectivity index is 0.00000208. The summed E-state index contributed by atoms with van der Waals surface area (Å²) in [7, 11) is 0. The van der Waals surface area contributed by atoms with Crippen LogP contribution in [0, 0.1) is 12.3 Å². The van der Waals surface area contributed by atoms with Crippen molar-refractivity contribution in [1.82, 2.24) is 15.2 Å². The first-order chi connectivity index (χ1) is 11.2. The Kier molecular flexibility index (Phi) is 7.78. The van der Waals surface area contributed by atoms with E-state index in [1.54, 1.807) is 11.3 Å². The largest absolute Gasteiger partial charge is 0.357 e. The van der Waals surface area contributed by atoms with Crippen molar-refractivity contribution in [3.05, 3.63) is 16.1 Å². The number of hydrogen-bond acceptors (Lipinski definition) is 3. The summed E-state index contributed by atoms with van der Waals surface area (Å²) in [5.41, 5.74) is 1.76. The van der Waals surface area contributed by atoms with Gasteiger partial charge in [-0.1, -0.05) is 19.3 Å². The SMILES string of the molecule is CCNC(=NCCc1csc(C)n1)N1CCC2(CCCCC2)C1.I. The fraction of sp³-hybridized carbons (Fsp3) is 0.778. The van der Waals surface area contributed by atoms with Crippen molar-refractivity contribution < 1.29 is 0 Å². The van der Waals surface area contributed by atoms with E-state index >= 15 is 0 Å². The Labute approximate surface area is 167 Å². The average molecular weight is 462 g/mol. The van der Waals surface area contributed by atoms with Crippen LogP contribution in [0.3, 0.4) is 0 Å². The summed E-state index contributed by atoms with van der Waals surface area (Å²) in [6.45, 7) is 8.37. The Bertz CT molecular complexity index is 537. The molecule has 1 aromatic rings. The highest BCUT2D eigenvalue weighted by Crippen LogP contribution is 2.43. The summed E-state index contributed by atoms with van der Waals surface area (Å²) in [6.07, 6.45) is 9.40. The number of aromatic nitrogens is 1. The Morgan fingerprint density at radius 3 is 2.79 bits per heavy atom. The van der Waals surface area contributed by atoms with Crippen LogP contribution in [0.25, 0.3) is 0 Å². The summed E-state index contributed by atoms with van der Waals surface area (Å²) in [4.78, 5) is 11.9. The Morgan fingerprint density at radius 2 is 2.12 bits per heavy atom. The molecule has 0 bridgehead atoms. The maximum atomic E-state index is 4.87. The van der Waals surface area contributed by atoms with Crippen LogP contribution >= 0.6 is 35.3 Å². The topological polar surface area (TPSA) is 40.5 Å². The van der Waals surface area contributed by atoms with Gasteiger partial charge in [0.1, 0.15) is 0 Å². The zero-order valence-corrected chi connectivity index (χ0v) is 18.2. The van der Waals surface area contributed by atoms with Crippen LogP contribution in [0.4, 0.5) is 0 Å². The van der Waals surface area contributed by atoms with Crippen LogP contribution in [0.1, 0.15) is 56.2 Å². The maximum Gasteiger partial charge on any atom is 0.193 e. The molecule has 1 aromatic heterocycles. The minimum Gasteiger partial charge on any atom is -0.357 e. The fourth-order valence-electron chi connectivity index (χ4n) is 4.05. The maximum absolute atomic E-state index is 4.87. The zero-order chi connectivity index (χ0) is 16.1. The molecule has 6 heteroatoms. The number of aliphatic imine (C=N–C) groups is 1. The van der Waals surface area contributed by atoms with Gasteiger partial charge in [-0.05, 0) is 38.5 Å². The van der Waals surface area contributed by atoms with Gasteiger partial charge in [-0.3, -0.25) is 4.99 Å². The van der Waals surface area contributed by atoms with Crippen molar-refractivity contribution >= 4 is 41.3 Å². The molecule has 1 N–H and O–H groups in total. The first-order valence-corrected chi connectivity index (χ1v) is 10.0. The smallest absolute Gasteiger partial charge is 0.193 e. The minimum atomic E-state index is 0. The summed E-state index contributed by atoms with van der Waals surface area (Å²) < 4.78 is 0. The van der Waals surface area contributed by atoms with Crippen LogP contribution in [-0.4, -0.2) is 42.0 Å². The molecule has 2 heterocycles. The van der Waals surface area contributed by atoms with E-state index in [0.29, 0.717) is 5.41 Å². The molecule has 0 amide bonds. The predicted molar refractivity (Wildman–Crippen MR) is 114 cm³/mol. The predicted octanol–water partition coefficient (Wildman–Crippen LogP) is 4.23. The summed E-state index contributed by atoms with van der Waals surface area (Å²) in [6, 6.07) is 0. The molecule has 1 aliphatic heterocycles. The van der Waals surface area contributed by atoms with Gasteiger partial charge in [0.05, 0.1) is 10.7 Å². The number of guanidine groups is 1. The molecule has 24 heavy (non-hydrogen) atoms. The second-order valence-corrected chi connectivity index (χ2v) is 8.14. The van der Waals surface area contributed by atoms with Gasteiger partial charge in [-0.2, -0.15) is 0 Å². The normalized spacial score (nSPS) is 20.2. The Hall–Kier alpha value is -0.370. The molecule has 1 saturated carbocycles. The van der Waals surface area contributed by atoms with Gasteiger partial charge in [0.25, 0.3) is 0 Å². The molecular weight excluding hydrogens is 431 g/mol. The number of aryl methyl sites for hydroxylation is 1. The van der Waals surface area contributed by atoms with Crippen molar-refractivity contribution in [2.24, 2.45) is 10.4 Å². The number of likely N-dealkylation sites (tertiary alicyclic amines) is 1. The van der Waals surface area contributed by atoms with E-state index in [9.17, 15) is 0 Å². The lowest BCUT2D eigenvalue weighted by Crippen LogP contribution is -2.41. The monoisotopic (exact) mass is 462 g/mol. The highest BCUT2D eigenvalue weighted by Gasteiger charge is 2.39. The molecule has 2 fully saturated rings. The quantitative estimate of drug-likeness (QED) is 0.414. The molecule has 4 nitrogen and oxygen atoms in total. The molecular formula is C18H31IN4S. The second kappa shape index (κ2) is 9.36. The summed E-state index contributed by atoms with van der Waals surface area (Å²) in [5.74, 6) is 1.11. The molecule has 1 spiro atoms. The lowest BCUT2D eigenvalue weighted by molar-refractivity contribution is 0.203.